The Kier molecular flexibility index (Phi) is 5.37. The molecule has 2 rings (SSSR count). The van der Waals surface area contributed by atoms with Crippen LogP contribution in [0.5, 0.6) is 6.01 Å². The third-order valence-corrected chi connectivity index (χ3v) is 3.59. The molecule has 2 heterocycles. The van der Waals surface area contributed by atoms with Gasteiger partial charge in [0, 0.05) is 19.1 Å². The summed E-state index contributed by atoms with van der Waals surface area (Å²) in [7, 11) is 4.20. The predicted octanol–water partition coefficient (Wildman–Crippen LogP) is 1.84. The fraction of sp³-hybridized carbons (Fsp3) is 0.769. The predicted molar refractivity (Wildman–Crippen MR) is 79.5 cm³/mol. The van der Waals surface area contributed by atoms with Crippen molar-refractivity contribution in [3.8, 4) is 6.01 Å². The number of ether oxygens (including phenoxy) is 1. The summed E-state index contributed by atoms with van der Waals surface area (Å²) in [5, 5.41) is 0.188. The number of aromatic nitrogens is 3. The maximum absolute atomic E-state index is 5.97. The number of rotatable bonds is 5. The Bertz CT molecular complexity index is 443. The van der Waals surface area contributed by atoms with E-state index in [4.69, 9.17) is 16.3 Å². The quantitative estimate of drug-likeness (QED) is 0.827. The van der Waals surface area contributed by atoms with Crippen LogP contribution in [-0.2, 0) is 0 Å². The van der Waals surface area contributed by atoms with Gasteiger partial charge < -0.3 is 14.5 Å². The highest BCUT2D eigenvalue weighted by Gasteiger charge is 2.24. The second-order valence-corrected chi connectivity index (χ2v) is 5.58. The van der Waals surface area contributed by atoms with Gasteiger partial charge in [-0.3, -0.25) is 0 Å². The van der Waals surface area contributed by atoms with E-state index >= 15 is 0 Å². The van der Waals surface area contributed by atoms with Gasteiger partial charge in [0.2, 0.25) is 11.2 Å². The van der Waals surface area contributed by atoms with Crippen molar-refractivity contribution < 1.29 is 4.74 Å². The number of nitrogens with zero attached hydrogens (tertiary/aromatic N) is 5. The number of halogens is 1. The third-order valence-electron chi connectivity index (χ3n) is 3.42. The van der Waals surface area contributed by atoms with Gasteiger partial charge in [0.05, 0.1) is 6.61 Å². The third kappa shape index (κ3) is 3.93. The van der Waals surface area contributed by atoms with Gasteiger partial charge in [-0.1, -0.05) is 6.92 Å². The number of anilines is 1. The van der Waals surface area contributed by atoms with E-state index in [9.17, 15) is 0 Å². The van der Waals surface area contributed by atoms with Crippen LogP contribution in [0.2, 0.25) is 5.28 Å². The van der Waals surface area contributed by atoms with Crippen molar-refractivity contribution in [3.63, 3.8) is 0 Å². The van der Waals surface area contributed by atoms with Crippen LogP contribution in [0, 0.1) is 0 Å². The van der Waals surface area contributed by atoms with E-state index in [0.29, 0.717) is 24.6 Å². The van der Waals surface area contributed by atoms with Crippen molar-refractivity contribution in [1.82, 2.24) is 19.9 Å². The second kappa shape index (κ2) is 7.04. The minimum absolute atomic E-state index is 0.188. The Balaban J connectivity index is 2.12. The first-order chi connectivity index (χ1) is 9.60. The molecule has 7 heteroatoms. The first kappa shape index (κ1) is 15.3. The lowest BCUT2D eigenvalue weighted by Gasteiger charge is -2.36. The van der Waals surface area contributed by atoms with Crippen LogP contribution in [0.25, 0.3) is 0 Å². The molecule has 1 unspecified atom stereocenters. The smallest absolute Gasteiger partial charge is 0.322 e. The van der Waals surface area contributed by atoms with E-state index in [0.717, 1.165) is 25.9 Å². The average Bonchev–Trinajstić information content (AvgIpc) is 2.44. The molecule has 0 aromatic carbocycles. The monoisotopic (exact) mass is 299 g/mol. The SMILES string of the molecule is CCCOc1nc(Cl)nc(N2CCCC(N(C)C)C2)n1. The molecule has 20 heavy (non-hydrogen) atoms. The summed E-state index contributed by atoms with van der Waals surface area (Å²) in [5.41, 5.74) is 0. The molecule has 1 aromatic rings. The molecular weight excluding hydrogens is 278 g/mol. The molecule has 0 amide bonds. The fourth-order valence-corrected chi connectivity index (χ4v) is 2.43. The van der Waals surface area contributed by atoms with Gasteiger partial charge in [0.15, 0.2) is 0 Å². The highest BCUT2D eigenvalue weighted by molar-refractivity contribution is 6.28. The zero-order valence-corrected chi connectivity index (χ0v) is 13.1. The lowest BCUT2D eigenvalue weighted by Crippen LogP contribution is -2.45. The fourth-order valence-electron chi connectivity index (χ4n) is 2.28. The van der Waals surface area contributed by atoms with E-state index in [1.165, 1.54) is 6.42 Å². The van der Waals surface area contributed by atoms with E-state index < -0.39 is 0 Å². The van der Waals surface area contributed by atoms with Crippen LogP contribution in [0.15, 0.2) is 0 Å². The van der Waals surface area contributed by atoms with Gasteiger partial charge in [-0.05, 0) is 45.0 Å². The first-order valence-electron chi connectivity index (χ1n) is 7.06. The number of piperidine rings is 1. The maximum atomic E-state index is 5.97. The maximum Gasteiger partial charge on any atom is 0.322 e. The first-order valence-corrected chi connectivity index (χ1v) is 7.43. The molecular formula is C13H22ClN5O. The molecule has 0 saturated carbocycles. The van der Waals surface area contributed by atoms with Gasteiger partial charge in [-0.15, -0.1) is 0 Å². The van der Waals surface area contributed by atoms with Gasteiger partial charge in [-0.2, -0.15) is 15.0 Å². The van der Waals surface area contributed by atoms with Crippen LogP contribution in [0.3, 0.4) is 0 Å². The Labute approximate surface area is 125 Å². The molecule has 1 saturated heterocycles. The Morgan fingerprint density at radius 1 is 1.35 bits per heavy atom. The van der Waals surface area contributed by atoms with Crippen LogP contribution in [0.4, 0.5) is 5.95 Å². The minimum atomic E-state index is 0.188. The molecule has 112 valence electrons. The highest BCUT2D eigenvalue weighted by atomic mass is 35.5. The summed E-state index contributed by atoms with van der Waals surface area (Å²) in [6.45, 7) is 4.47. The molecule has 1 fully saturated rings. The van der Waals surface area contributed by atoms with Crippen molar-refractivity contribution in [2.24, 2.45) is 0 Å². The zero-order valence-electron chi connectivity index (χ0n) is 12.3. The lowest BCUT2D eigenvalue weighted by molar-refractivity contribution is 0.255. The topological polar surface area (TPSA) is 54.4 Å². The largest absolute Gasteiger partial charge is 0.463 e. The van der Waals surface area contributed by atoms with Gasteiger partial charge >= 0.3 is 6.01 Å². The van der Waals surface area contributed by atoms with E-state index in [1.807, 2.05) is 6.92 Å². The molecule has 1 atom stereocenters. The lowest BCUT2D eigenvalue weighted by atomic mass is 10.1. The highest BCUT2D eigenvalue weighted by Crippen LogP contribution is 2.21. The molecule has 0 bridgehead atoms. The zero-order chi connectivity index (χ0) is 14.5. The molecule has 1 aliphatic rings. The second-order valence-electron chi connectivity index (χ2n) is 5.24. The molecule has 0 spiro atoms. The number of hydrogen-bond donors (Lipinski definition) is 0. The summed E-state index contributed by atoms with van der Waals surface area (Å²) in [6, 6.07) is 0.827. The van der Waals surface area contributed by atoms with Gasteiger partial charge in [-0.25, -0.2) is 0 Å². The Morgan fingerprint density at radius 2 is 2.15 bits per heavy atom. The summed E-state index contributed by atoms with van der Waals surface area (Å²) >= 11 is 5.97. The number of likely N-dealkylation sites (N-methyl/N-ethyl adjacent to an activating group) is 1. The summed E-state index contributed by atoms with van der Waals surface area (Å²) < 4.78 is 5.46. The Morgan fingerprint density at radius 3 is 2.85 bits per heavy atom. The van der Waals surface area contributed by atoms with Crippen LogP contribution in [0.1, 0.15) is 26.2 Å². The average molecular weight is 300 g/mol. The summed E-state index contributed by atoms with van der Waals surface area (Å²) in [5.74, 6) is 0.614. The standard InChI is InChI=1S/C13H22ClN5O/c1-4-8-20-13-16-11(14)15-12(17-13)19-7-5-6-10(9-19)18(2)3/h10H,4-9H2,1-3H3. The van der Waals surface area contributed by atoms with E-state index in [2.05, 4.69) is 38.8 Å². The summed E-state index contributed by atoms with van der Waals surface area (Å²) in [4.78, 5) is 17.0. The molecule has 0 N–H and O–H groups in total. The molecule has 1 aliphatic heterocycles. The molecule has 1 aromatic heterocycles. The Hall–Kier alpha value is -1.14. The van der Waals surface area contributed by atoms with Gasteiger partial charge in [0.25, 0.3) is 0 Å². The van der Waals surface area contributed by atoms with Crippen LogP contribution < -0.4 is 9.64 Å². The van der Waals surface area contributed by atoms with Crippen molar-refractivity contribution >= 4 is 17.5 Å². The minimum Gasteiger partial charge on any atom is -0.463 e. The summed E-state index contributed by atoms with van der Waals surface area (Å²) in [6.07, 6.45) is 3.23. The van der Waals surface area contributed by atoms with E-state index in [1.54, 1.807) is 0 Å². The van der Waals surface area contributed by atoms with Crippen LogP contribution in [-0.4, -0.2) is 59.7 Å². The van der Waals surface area contributed by atoms with Crippen molar-refractivity contribution in [2.45, 2.75) is 32.2 Å². The molecule has 6 nitrogen and oxygen atoms in total. The van der Waals surface area contributed by atoms with Gasteiger partial charge in [0.1, 0.15) is 0 Å². The number of hydrogen-bond acceptors (Lipinski definition) is 6. The van der Waals surface area contributed by atoms with Crippen molar-refractivity contribution in [1.29, 1.82) is 0 Å². The van der Waals surface area contributed by atoms with E-state index in [-0.39, 0.29) is 5.28 Å². The molecule has 0 aliphatic carbocycles. The normalized spacial score (nSPS) is 19.4. The van der Waals surface area contributed by atoms with Crippen LogP contribution >= 0.6 is 11.6 Å². The van der Waals surface area contributed by atoms with Crippen molar-refractivity contribution in [2.75, 3.05) is 38.7 Å². The van der Waals surface area contributed by atoms with Crippen molar-refractivity contribution in [3.05, 3.63) is 5.28 Å². The molecule has 0 radical (unpaired) electrons.